The van der Waals surface area contributed by atoms with E-state index < -0.39 is 0 Å². The van der Waals surface area contributed by atoms with Gasteiger partial charge in [-0.15, -0.1) is 0 Å². The second-order valence-corrected chi connectivity index (χ2v) is 8.47. The summed E-state index contributed by atoms with van der Waals surface area (Å²) in [5.41, 5.74) is 7.42. The molecule has 31 heavy (non-hydrogen) atoms. The number of likely N-dealkylation sites (tertiary alicyclic amines) is 1. The van der Waals surface area contributed by atoms with Crippen molar-refractivity contribution in [3.05, 3.63) is 94.1 Å². The van der Waals surface area contributed by atoms with Gasteiger partial charge in [0.2, 0.25) is 0 Å². The maximum atomic E-state index is 10.00. The van der Waals surface area contributed by atoms with Gasteiger partial charge in [-0.05, 0) is 73.1 Å². The van der Waals surface area contributed by atoms with E-state index in [1.54, 1.807) is 0 Å². The molecule has 0 radical (unpaired) electrons. The molecule has 1 aliphatic rings. The molecule has 2 aromatic heterocycles. The minimum atomic E-state index is -0.0441. The first-order valence-corrected chi connectivity index (χ1v) is 11.0. The fraction of sp³-hybridized carbons (Fsp3) is 0.385. The molecule has 5 heteroatoms. The highest BCUT2D eigenvalue weighted by Crippen LogP contribution is 2.43. The summed E-state index contributed by atoms with van der Waals surface area (Å²) in [6.07, 6.45) is 6.97. The molecule has 1 aliphatic heterocycles. The van der Waals surface area contributed by atoms with Crippen molar-refractivity contribution in [3.8, 4) is 0 Å². The maximum Gasteiger partial charge on any atom is 0.0685 e. The van der Waals surface area contributed by atoms with Crippen LogP contribution in [0.3, 0.4) is 0 Å². The van der Waals surface area contributed by atoms with Crippen molar-refractivity contribution in [1.82, 2.24) is 14.9 Å². The van der Waals surface area contributed by atoms with Crippen LogP contribution in [0.4, 0.5) is 0 Å². The van der Waals surface area contributed by atoms with E-state index in [-0.39, 0.29) is 25.3 Å². The number of hydrogen-bond donors (Lipinski definition) is 2. The van der Waals surface area contributed by atoms with Gasteiger partial charge < -0.3 is 10.2 Å². The van der Waals surface area contributed by atoms with E-state index in [4.69, 9.17) is 9.97 Å². The van der Waals surface area contributed by atoms with Gasteiger partial charge in [0.05, 0.1) is 36.7 Å². The molecule has 1 aromatic carbocycles. The van der Waals surface area contributed by atoms with Crippen molar-refractivity contribution in [2.24, 2.45) is 0 Å². The Morgan fingerprint density at radius 2 is 1.45 bits per heavy atom. The molecule has 5 nitrogen and oxygen atoms in total. The lowest BCUT2D eigenvalue weighted by Crippen LogP contribution is -2.37. The topological polar surface area (TPSA) is 69.5 Å². The molecule has 1 fully saturated rings. The summed E-state index contributed by atoms with van der Waals surface area (Å²) in [5.74, 6) is 0. The number of aryl methyl sites for hydroxylation is 2. The van der Waals surface area contributed by atoms with E-state index in [2.05, 4.69) is 30.9 Å². The van der Waals surface area contributed by atoms with E-state index in [1.807, 2.05) is 42.7 Å². The minimum absolute atomic E-state index is 0.0253. The lowest BCUT2D eigenvalue weighted by Gasteiger charge is -2.43. The van der Waals surface area contributed by atoms with Crippen LogP contribution in [-0.2, 0) is 19.8 Å². The SMILES string of the molecule is Cc1cccnc1[C@H]1CCC[C@@H](c2ncccc2C)N1Cc1ccc(CO)cc1CO. The van der Waals surface area contributed by atoms with Crippen molar-refractivity contribution in [2.45, 2.75) is 65.0 Å². The Balaban J connectivity index is 1.78. The highest BCUT2D eigenvalue weighted by atomic mass is 16.3. The molecule has 1 saturated heterocycles. The molecular formula is C26H31N3O2. The van der Waals surface area contributed by atoms with Gasteiger partial charge in [0, 0.05) is 18.9 Å². The number of piperidine rings is 1. The molecule has 162 valence electrons. The van der Waals surface area contributed by atoms with E-state index in [0.29, 0.717) is 6.54 Å². The molecule has 2 atom stereocenters. The number of pyridine rings is 2. The van der Waals surface area contributed by atoms with E-state index in [0.717, 1.165) is 47.3 Å². The number of aromatic nitrogens is 2. The Labute approximate surface area is 184 Å². The molecule has 2 N–H and O–H groups in total. The fourth-order valence-corrected chi connectivity index (χ4v) is 4.83. The van der Waals surface area contributed by atoms with Gasteiger partial charge in [0.25, 0.3) is 0 Å². The first-order chi connectivity index (χ1) is 15.1. The average molecular weight is 418 g/mol. The number of rotatable bonds is 6. The van der Waals surface area contributed by atoms with Crippen molar-refractivity contribution < 1.29 is 10.2 Å². The summed E-state index contributed by atoms with van der Waals surface area (Å²) >= 11 is 0. The van der Waals surface area contributed by atoms with Crippen molar-refractivity contribution in [3.63, 3.8) is 0 Å². The first-order valence-electron chi connectivity index (χ1n) is 11.0. The number of nitrogens with zero attached hydrogens (tertiary/aromatic N) is 3. The molecule has 0 aliphatic carbocycles. The summed E-state index contributed by atoms with van der Waals surface area (Å²) in [5, 5.41) is 19.5. The summed E-state index contributed by atoms with van der Waals surface area (Å²) in [6, 6.07) is 14.5. The van der Waals surface area contributed by atoms with Gasteiger partial charge >= 0.3 is 0 Å². The van der Waals surface area contributed by atoms with E-state index >= 15 is 0 Å². The van der Waals surface area contributed by atoms with Gasteiger partial charge in [0.1, 0.15) is 0 Å². The Morgan fingerprint density at radius 3 is 1.97 bits per heavy atom. The Morgan fingerprint density at radius 1 is 0.839 bits per heavy atom. The Kier molecular flexibility index (Phi) is 6.76. The standard InChI is InChI=1S/C26H31N3O2/c1-18-6-4-12-27-25(18)23-8-3-9-24(26-19(2)7-5-13-28-26)29(23)15-21-11-10-20(16-30)14-22(21)17-31/h4-7,10-14,23-24,30-31H,3,8-9,15-17H2,1-2H3/t23-,24+. The third-order valence-electron chi connectivity index (χ3n) is 6.46. The maximum absolute atomic E-state index is 10.00. The van der Waals surface area contributed by atoms with E-state index in [9.17, 15) is 10.2 Å². The molecule has 3 heterocycles. The van der Waals surface area contributed by atoms with Crippen LogP contribution in [-0.4, -0.2) is 25.1 Å². The Hall–Kier alpha value is -2.60. The van der Waals surface area contributed by atoms with Crippen molar-refractivity contribution in [2.75, 3.05) is 0 Å². The predicted octanol–water partition coefficient (Wildman–Crippen LogP) is 4.55. The number of aliphatic hydroxyl groups is 2. The normalized spacial score (nSPS) is 19.5. The fourth-order valence-electron chi connectivity index (χ4n) is 4.83. The second-order valence-electron chi connectivity index (χ2n) is 8.47. The number of benzene rings is 1. The lowest BCUT2D eigenvalue weighted by molar-refractivity contribution is 0.0671. The molecule has 0 bridgehead atoms. The third-order valence-corrected chi connectivity index (χ3v) is 6.46. The largest absolute Gasteiger partial charge is 0.392 e. The van der Waals surface area contributed by atoms with Crippen LogP contribution in [0.2, 0.25) is 0 Å². The summed E-state index contributed by atoms with van der Waals surface area (Å²) in [4.78, 5) is 12.1. The van der Waals surface area contributed by atoms with Crippen LogP contribution in [0.25, 0.3) is 0 Å². The van der Waals surface area contributed by atoms with Gasteiger partial charge in [-0.1, -0.05) is 30.3 Å². The smallest absolute Gasteiger partial charge is 0.0685 e. The molecule has 0 unspecified atom stereocenters. The average Bonchev–Trinajstić information content (AvgIpc) is 2.80. The van der Waals surface area contributed by atoms with Crippen molar-refractivity contribution in [1.29, 1.82) is 0 Å². The van der Waals surface area contributed by atoms with Crippen LogP contribution in [0.5, 0.6) is 0 Å². The second kappa shape index (κ2) is 9.69. The predicted molar refractivity (Wildman–Crippen MR) is 121 cm³/mol. The summed E-state index contributed by atoms with van der Waals surface area (Å²) in [7, 11) is 0. The zero-order chi connectivity index (χ0) is 21.8. The number of hydrogen-bond acceptors (Lipinski definition) is 5. The van der Waals surface area contributed by atoms with Crippen LogP contribution in [0, 0.1) is 13.8 Å². The van der Waals surface area contributed by atoms with Gasteiger partial charge in [-0.3, -0.25) is 14.9 Å². The Bertz CT molecular complexity index is 983. The molecule has 4 rings (SSSR count). The monoisotopic (exact) mass is 417 g/mol. The quantitative estimate of drug-likeness (QED) is 0.616. The van der Waals surface area contributed by atoms with Crippen molar-refractivity contribution >= 4 is 0 Å². The summed E-state index contributed by atoms with van der Waals surface area (Å²) in [6.45, 7) is 4.89. The summed E-state index contributed by atoms with van der Waals surface area (Å²) < 4.78 is 0. The van der Waals surface area contributed by atoms with Crippen LogP contribution < -0.4 is 0 Å². The van der Waals surface area contributed by atoms with Gasteiger partial charge in [-0.2, -0.15) is 0 Å². The zero-order valence-corrected chi connectivity index (χ0v) is 18.3. The van der Waals surface area contributed by atoms with E-state index in [1.165, 1.54) is 11.1 Å². The molecule has 0 amide bonds. The highest BCUT2D eigenvalue weighted by Gasteiger charge is 2.35. The zero-order valence-electron chi connectivity index (χ0n) is 18.3. The third kappa shape index (κ3) is 4.54. The lowest BCUT2D eigenvalue weighted by atomic mass is 9.88. The van der Waals surface area contributed by atoms with Gasteiger partial charge in [-0.25, -0.2) is 0 Å². The number of aliphatic hydroxyl groups excluding tert-OH is 2. The minimum Gasteiger partial charge on any atom is -0.392 e. The first kappa shape index (κ1) is 21.6. The van der Waals surface area contributed by atoms with Gasteiger partial charge in [0.15, 0.2) is 0 Å². The molecular weight excluding hydrogens is 386 g/mol. The molecule has 0 saturated carbocycles. The van der Waals surface area contributed by atoms with Crippen LogP contribution in [0.15, 0.2) is 54.9 Å². The van der Waals surface area contributed by atoms with Crippen LogP contribution >= 0.6 is 0 Å². The molecule has 3 aromatic rings. The molecule has 0 spiro atoms. The highest BCUT2D eigenvalue weighted by molar-refractivity contribution is 5.33. The van der Waals surface area contributed by atoms with Crippen LogP contribution in [0.1, 0.15) is 70.6 Å².